The smallest absolute Gasteiger partial charge is 0.0599 e. The third kappa shape index (κ3) is 3.74. The Kier molecular flexibility index (Phi) is 5.58. The maximum atomic E-state index is 9.22. The van der Waals surface area contributed by atoms with Crippen LogP contribution in [-0.4, -0.2) is 42.3 Å². The monoisotopic (exact) mass is 214 g/mol. The highest BCUT2D eigenvalue weighted by atomic mass is 16.3. The fraction of sp³-hybridized carbons (Fsp3) is 1.00. The van der Waals surface area contributed by atoms with Crippen molar-refractivity contribution in [3.8, 4) is 0 Å². The van der Waals surface area contributed by atoms with Gasteiger partial charge in [0, 0.05) is 12.6 Å². The Morgan fingerprint density at radius 3 is 2.60 bits per heavy atom. The Morgan fingerprint density at radius 1 is 1.33 bits per heavy atom. The molecule has 0 amide bonds. The summed E-state index contributed by atoms with van der Waals surface area (Å²) in [7, 11) is 0. The van der Waals surface area contributed by atoms with Gasteiger partial charge in [-0.05, 0) is 44.2 Å². The van der Waals surface area contributed by atoms with Crippen molar-refractivity contribution in [2.75, 3.05) is 26.2 Å². The Bertz CT molecular complexity index is 169. The standard InChI is InChI=1S/C12H26N2O/c1-10(2)11-4-3-6-14(7-5-11)12(8-13)9-15/h10-12,15H,3-9,13H2,1-2H3. The average molecular weight is 214 g/mol. The van der Waals surface area contributed by atoms with Crippen LogP contribution in [-0.2, 0) is 0 Å². The molecule has 1 heterocycles. The first kappa shape index (κ1) is 12.9. The van der Waals surface area contributed by atoms with Gasteiger partial charge < -0.3 is 10.8 Å². The fourth-order valence-electron chi connectivity index (χ4n) is 2.52. The summed E-state index contributed by atoms with van der Waals surface area (Å²) in [4.78, 5) is 2.36. The number of likely N-dealkylation sites (tertiary alicyclic amines) is 1. The van der Waals surface area contributed by atoms with Crippen LogP contribution in [0.2, 0.25) is 0 Å². The van der Waals surface area contributed by atoms with Gasteiger partial charge in [-0.1, -0.05) is 13.8 Å². The minimum Gasteiger partial charge on any atom is -0.395 e. The van der Waals surface area contributed by atoms with Crippen molar-refractivity contribution in [2.45, 2.75) is 39.2 Å². The molecule has 3 N–H and O–H groups in total. The summed E-state index contributed by atoms with van der Waals surface area (Å²) >= 11 is 0. The lowest BCUT2D eigenvalue weighted by molar-refractivity contribution is 0.129. The summed E-state index contributed by atoms with van der Waals surface area (Å²) in [5.74, 6) is 1.64. The number of rotatable bonds is 4. The normalized spacial score (nSPS) is 26.6. The molecule has 1 aliphatic rings. The highest BCUT2D eigenvalue weighted by Gasteiger charge is 2.23. The van der Waals surface area contributed by atoms with Crippen molar-refractivity contribution >= 4 is 0 Å². The Hall–Kier alpha value is -0.120. The van der Waals surface area contributed by atoms with Crippen molar-refractivity contribution in [2.24, 2.45) is 17.6 Å². The van der Waals surface area contributed by atoms with Gasteiger partial charge in [-0.2, -0.15) is 0 Å². The fourth-order valence-corrected chi connectivity index (χ4v) is 2.52. The predicted octanol–water partition coefficient (Wildman–Crippen LogP) is 1.06. The molecule has 1 rings (SSSR count). The van der Waals surface area contributed by atoms with Crippen LogP contribution in [0.4, 0.5) is 0 Å². The van der Waals surface area contributed by atoms with Gasteiger partial charge in [-0.15, -0.1) is 0 Å². The van der Waals surface area contributed by atoms with E-state index in [0.717, 1.165) is 24.9 Å². The van der Waals surface area contributed by atoms with Crippen LogP contribution in [0.25, 0.3) is 0 Å². The van der Waals surface area contributed by atoms with Crippen LogP contribution < -0.4 is 5.73 Å². The molecule has 0 aromatic rings. The minimum atomic E-state index is 0.177. The Morgan fingerprint density at radius 2 is 2.07 bits per heavy atom. The second-order valence-electron chi connectivity index (χ2n) is 5.04. The van der Waals surface area contributed by atoms with E-state index in [1.54, 1.807) is 0 Å². The molecule has 0 aromatic carbocycles. The van der Waals surface area contributed by atoms with Gasteiger partial charge in [0.2, 0.25) is 0 Å². The Balaban J connectivity index is 2.44. The summed E-state index contributed by atoms with van der Waals surface area (Å²) < 4.78 is 0. The quantitative estimate of drug-likeness (QED) is 0.736. The number of aliphatic hydroxyl groups excluding tert-OH is 1. The molecule has 0 radical (unpaired) electrons. The summed E-state index contributed by atoms with van der Waals surface area (Å²) in [6, 6.07) is 0.177. The first-order chi connectivity index (χ1) is 7.19. The largest absolute Gasteiger partial charge is 0.395 e. The van der Waals surface area contributed by atoms with E-state index < -0.39 is 0 Å². The average Bonchev–Trinajstić information content (AvgIpc) is 2.45. The summed E-state index contributed by atoms with van der Waals surface area (Å²) in [5, 5.41) is 9.22. The lowest BCUT2D eigenvalue weighted by atomic mass is 9.89. The summed E-state index contributed by atoms with van der Waals surface area (Å²) in [6.07, 6.45) is 3.84. The van der Waals surface area contributed by atoms with Crippen LogP contribution in [0.1, 0.15) is 33.1 Å². The van der Waals surface area contributed by atoms with Gasteiger partial charge in [0.05, 0.1) is 6.61 Å². The number of hydrogen-bond acceptors (Lipinski definition) is 3. The molecule has 3 heteroatoms. The molecule has 90 valence electrons. The van der Waals surface area contributed by atoms with Crippen molar-refractivity contribution in [3.05, 3.63) is 0 Å². The molecule has 0 aliphatic carbocycles. The van der Waals surface area contributed by atoms with Crippen LogP contribution >= 0.6 is 0 Å². The molecular formula is C12H26N2O. The summed E-state index contributed by atoms with van der Waals surface area (Å²) in [6.45, 7) is 7.60. The zero-order chi connectivity index (χ0) is 11.3. The van der Waals surface area contributed by atoms with Crippen molar-refractivity contribution in [1.29, 1.82) is 0 Å². The highest BCUT2D eigenvalue weighted by molar-refractivity contribution is 4.77. The second kappa shape index (κ2) is 6.46. The molecule has 0 bridgehead atoms. The second-order valence-corrected chi connectivity index (χ2v) is 5.04. The topological polar surface area (TPSA) is 49.5 Å². The van der Waals surface area contributed by atoms with Gasteiger partial charge in [0.1, 0.15) is 0 Å². The lowest BCUT2D eigenvalue weighted by Crippen LogP contribution is -2.43. The van der Waals surface area contributed by atoms with Gasteiger partial charge in [-0.3, -0.25) is 4.90 Å². The number of nitrogens with two attached hydrogens (primary N) is 1. The van der Waals surface area contributed by atoms with Gasteiger partial charge in [-0.25, -0.2) is 0 Å². The van der Waals surface area contributed by atoms with Gasteiger partial charge in [0.25, 0.3) is 0 Å². The highest BCUT2D eigenvalue weighted by Crippen LogP contribution is 2.25. The lowest BCUT2D eigenvalue weighted by Gasteiger charge is -2.28. The van der Waals surface area contributed by atoms with Gasteiger partial charge in [0.15, 0.2) is 0 Å². The zero-order valence-corrected chi connectivity index (χ0v) is 10.2. The number of hydrogen-bond donors (Lipinski definition) is 2. The first-order valence-corrected chi connectivity index (χ1v) is 6.24. The van der Waals surface area contributed by atoms with E-state index >= 15 is 0 Å². The third-order valence-electron chi connectivity index (χ3n) is 3.75. The molecular weight excluding hydrogens is 188 g/mol. The van der Waals surface area contributed by atoms with E-state index in [1.165, 1.54) is 19.3 Å². The molecule has 2 atom stereocenters. The van der Waals surface area contributed by atoms with Crippen LogP contribution in [0.3, 0.4) is 0 Å². The molecule has 15 heavy (non-hydrogen) atoms. The van der Waals surface area contributed by atoms with E-state index in [0.29, 0.717) is 6.54 Å². The predicted molar refractivity (Wildman–Crippen MR) is 63.7 cm³/mol. The van der Waals surface area contributed by atoms with E-state index in [4.69, 9.17) is 5.73 Å². The molecule has 0 spiro atoms. The molecule has 0 saturated carbocycles. The zero-order valence-electron chi connectivity index (χ0n) is 10.2. The van der Waals surface area contributed by atoms with Crippen LogP contribution in [0, 0.1) is 11.8 Å². The molecule has 1 saturated heterocycles. The van der Waals surface area contributed by atoms with Crippen molar-refractivity contribution in [3.63, 3.8) is 0 Å². The molecule has 1 aliphatic heterocycles. The van der Waals surface area contributed by atoms with Gasteiger partial charge >= 0.3 is 0 Å². The molecule has 3 nitrogen and oxygen atoms in total. The maximum absolute atomic E-state index is 9.22. The number of nitrogens with zero attached hydrogens (tertiary/aromatic N) is 1. The van der Waals surface area contributed by atoms with Crippen LogP contribution in [0.5, 0.6) is 0 Å². The third-order valence-corrected chi connectivity index (χ3v) is 3.75. The first-order valence-electron chi connectivity index (χ1n) is 6.24. The molecule has 0 aromatic heterocycles. The number of aliphatic hydroxyl groups is 1. The molecule has 1 fully saturated rings. The minimum absolute atomic E-state index is 0.177. The van der Waals surface area contributed by atoms with E-state index in [2.05, 4.69) is 18.7 Å². The maximum Gasteiger partial charge on any atom is 0.0599 e. The summed E-state index contributed by atoms with van der Waals surface area (Å²) in [5.41, 5.74) is 5.66. The Labute approximate surface area is 93.6 Å². The van der Waals surface area contributed by atoms with Crippen molar-refractivity contribution < 1.29 is 5.11 Å². The molecule has 2 unspecified atom stereocenters. The van der Waals surface area contributed by atoms with E-state index in [1.807, 2.05) is 0 Å². The van der Waals surface area contributed by atoms with Crippen molar-refractivity contribution in [1.82, 2.24) is 4.90 Å². The SMILES string of the molecule is CC(C)C1CCCN(C(CN)CO)CC1. The van der Waals surface area contributed by atoms with Crippen LogP contribution in [0.15, 0.2) is 0 Å². The van der Waals surface area contributed by atoms with E-state index in [9.17, 15) is 5.11 Å². The van der Waals surface area contributed by atoms with E-state index in [-0.39, 0.29) is 12.6 Å².